The number of hydrogen-bond acceptors (Lipinski definition) is 6. The monoisotopic (exact) mass is 421 g/mol. The van der Waals surface area contributed by atoms with E-state index in [0.717, 1.165) is 5.56 Å². The maximum Gasteiger partial charge on any atom is 0.243 e. The Morgan fingerprint density at radius 3 is 2.61 bits per heavy atom. The van der Waals surface area contributed by atoms with Gasteiger partial charge in [-0.25, -0.2) is 8.42 Å². The van der Waals surface area contributed by atoms with Crippen LogP contribution in [-0.4, -0.2) is 36.6 Å². The van der Waals surface area contributed by atoms with E-state index in [9.17, 15) is 8.42 Å². The van der Waals surface area contributed by atoms with Gasteiger partial charge in [0.15, 0.2) is 5.82 Å². The summed E-state index contributed by atoms with van der Waals surface area (Å²) in [6.07, 6.45) is 0.486. The third-order valence-corrected chi connectivity index (χ3v) is 6.01. The van der Waals surface area contributed by atoms with Crippen molar-refractivity contribution in [3.63, 3.8) is 0 Å². The van der Waals surface area contributed by atoms with Gasteiger partial charge >= 0.3 is 0 Å². The normalized spacial score (nSPS) is 11.8. The van der Waals surface area contributed by atoms with Crippen LogP contribution in [0, 0.1) is 0 Å². The first kappa shape index (κ1) is 20.5. The molecule has 0 aliphatic rings. The van der Waals surface area contributed by atoms with Crippen molar-refractivity contribution >= 4 is 21.6 Å². The van der Waals surface area contributed by atoms with Crippen LogP contribution in [0.2, 0.25) is 5.02 Å². The minimum atomic E-state index is -3.83. The molecule has 0 fully saturated rings. The molecule has 0 saturated heterocycles. The molecule has 0 aliphatic heterocycles. The summed E-state index contributed by atoms with van der Waals surface area (Å²) in [6, 6.07) is 15.5. The Balaban J connectivity index is 1.89. The number of ether oxygens (including phenoxy) is 1. The minimum absolute atomic E-state index is 0.0519. The fourth-order valence-corrected chi connectivity index (χ4v) is 4.27. The first-order valence-corrected chi connectivity index (χ1v) is 10.4. The molecule has 148 valence electrons. The molecule has 1 heterocycles. The van der Waals surface area contributed by atoms with Gasteiger partial charge < -0.3 is 9.26 Å². The van der Waals surface area contributed by atoms with E-state index in [0.29, 0.717) is 23.9 Å². The van der Waals surface area contributed by atoms with Crippen LogP contribution in [-0.2, 0) is 34.3 Å². The molecule has 0 radical (unpaired) electrons. The molecule has 0 unspecified atom stereocenters. The first-order chi connectivity index (χ1) is 13.5. The molecule has 0 spiro atoms. The highest BCUT2D eigenvalue weighted by Gasteiger charge is 2.27. The molecule has 0 N–H and O–H groups in total. The third kappa shape index (κ3) is 5.17. The number of hydrogen-bond donors (Lipinski definition) is 0. The Bertz CT molecular complexity index is 1010. The Morgan fingerprint density at radius 2 is 1.89 bits per heavy atom. The maximum atomic E-state index is 13.2. The fourth-order valence-electron chi connectivity index (χ4n) is 2.59. The van der Waals surface area contributed by atoms with E-state index < -0.39 is 10.0 Å². The molecule has 1 aromatic heterocycles. The van der Waals surface area contributed by atoms with Crippen molar-refractivity contribution in [2.24, 2.45) is 0 Å². The number of halogens is 1. The molecule has 2 aromatic carbocycles. The molecular weight excluding hydrogens is 402 g/mol. The van der Waals surface area contributed by atoms with Gasteiger partial charge in [0.25, 0.3) is 0 Å². The van der Waals surface area contributed by atoms with Crippen LogP contribution < -0.4 is 0 Å². The second kappa shape index (κ2) is 9.29. The summed E-state index contributed by atoms with van der Waals surface area (Å²) in [4.78, 5) is 4.37. The fraction of sp³-hybridized carbons (Fsp3) is 0.263. The van der Waals surface area contributed by atoms with E-state index in [1.807, 2.05) is 30.3 Å². The molecule has 3 rings (SSSR count). The third-order valence-electron chi connectivity index (χ3n) is 3.99. The lowest BCUT2D eigenvalue weighted by Crippen LogP contribution is -2.30. The van der Waals surface area contributed by atoms with Gasteiger partial charge in [-0.1, -0.05) is 53.2 Å². The van der Waals surface area contributed by atoms with Crippen LogP contribution in [0.3, 0.4) is 0 Å². The zero-order chi connectivity index (χ0) is 20.0. The number of benzene rings is 2. The van der Waals surface area contributed by atoms with E-state index in [-0.39, 0.29) is 23.9 Å². The summed E-state index contributed by atoms with van der Waals surface area (Å²) in [5, 5.41) is 4.22. The van der Waals surface area contributed by atoms with Crippen LogP contribution in [0.1, 0.15) is 17.3 Å². The van der Waals surface area contributed by atoms with Gasteiger partial charge in [-0.3, -0.25) is 0 Å². The average molecular weight is 422 g/mol. The lowest BCUT2D eigenvalue weighted by atomic mass is 10.2. The summed E-state index contributed by atoms with van der Waals surface area (Å²) >= 11 is 5.99. The van der Waals surface area contributed by atoms with Crippen LogP contribution in [0.25, 0.3) is 0 Å². The van der Waals surface area contributed by atoms with E-state index in [4.69, 9.17) is 20.9 Å². The average Bonchev–Trinajstić information content (AvgIpc) is 3.14. The topological polar surface area (TPSA) is 85.5 Å². The summed E-state index contributed by atoms with van der Waals surface area (Å²) in [5.41, 5.74) is 0.840. The van der Waals surface area contributed by atoms with E-state index >= 15 is 0 Å². The van der Waals surface area contributed by atoms with Crippen LogP contribution in [0.5, 0.6) is 0 Å². The van der Waals surface area contributed by atoms with E-state index in [1.165, 1.54) is 16.4 Å². The number of aromatic nitrogens is 2. The molecule has 9 heteroatoms. The predicted molar refractivity (Wildman–Crippen MR) is 104 cm³/mol. The molecule has 28 heavy (non-hydrogen) atoms. The van der Waals surface area contributed by atoms with Crippen molar-refractivity contribution in [3.05, 3.63) is 76.9 Å². The highest BCUT2D eigenvalue weighted by Crippen LogP contribution is 2.23. The Morgan fingerprint density at radius 1 is 1.11 bits per heavy atom. The Kier molecular flexibility index (Phi) is 6.79. The summed E-state index contributed by atoms with van der Waals surface area (Å²) in [5.74, 6) is 0.685. The van der Waals surface area contributed by atoms with Gasteiger partial charge in [0.05, 0.1) is 18.0 Å². The minimum Gasteiger partial charge on any atom is -0.384 e. The Hall–Kier alpha value is -2.26. The molecule has 0 atom stereocenters. The lowest BCUT2D eigenvalue weighted by Gasteiger charge is -2.21. The van der Waals surface area contributed by atoms with Crippen molar-refractivity contribution < 1.29 is 17.7 Å². The lowest BCUT2D eigenvalue weighted by molar-refractivity contribution is 0.199. The van der Waals surface area contributed by atoms with Crippen molar-refractivity contribution in [1.82, 2.24) is 14.4 Å². The number of nitrogens with zero attached hydrogens (tertiary/aromatic N) is 3. The molecule has 0 bridgehead atoms. The molecule has 0 aliphatic carbocycles. The van der Waals surface area contributed by atoms with Crippen molar-refractivity contribution in [1.29, 1.82) is 0 Å². The van der Waals surface area contributed by atoms with Crippen LogP contribution >= 0.6 is 11.6 Å². The van der Waals surface area contributed by atoms with Gasteiger partial charge in [-0.15, -0.1) is 0 Å². The largest absolute Gasteiger partial charge is 0.384 e. The quantitative estimate of drug-likeness (QED) is 0.527. The second-order valence-electron chi connectivity index (χ2n) is 6.06. The van der Waals surface area contributed by atoms with Gasteiger partial charge in [-0.2, -0.15) is 9.29 Å². The molecular formula is C19H20ClN3O4S. The van der Waals surface area contributed by atoms with Crippen molar-refractivity contribution in [2.75, 3.05) is 13.7 Å². The van der Waals surface area contributed by atoms with E-state index in [2.05, 4.69) is 10.1 Å². The summed E-state index contributed by atoms with van der Waals surface area (Å²) in [7, 11) is -2.25. The van der Waals surface area contributed by atoms with Gasteiger partial charge in [-0.05, 0) is 23.8 Å². The van der Waals surface area contributed by atoms with Crippen LogP contribution in [0.4, 0.5) is 0 Å². The molecule has 0 saturated carbocycles. The molecule has 0 amide bonds. The zero-order valence-corrected chi connectivity index (χ0v) is 16.9. The molecule has 3 aromatic rings. The van der Waals surface area contributed by atoms with Crippen molar-refractivity contribution in [2.45, 2.75) is 24.4 Å². The highest BCUT2D eigenvalue weighted by atomic mass is 35.5. The first-order valence-electron chi connectivity index (χ1n) is 8.59. The highest BCUT2D eigenvalue weighted by molar-refractivity contribution is 7.89. The number of sulfonamides is 1. The number of rotatable bonds is 9. The SMILES string of the molecule is COCCc1noc(CN(Cc2ccccc2)S(=O)(=O)c2cccc(Cl)c2)n1. The Labute approximate surface area is 168 Å². The van der Waals surface area contributed by atoms with E-state index in [1.54, 1.807) is 19.2 Å². The molecule has 7 nitrogen and oxygen atoms in total. The second-order valence-corrected chi connectivity index (χ2v) is 8.44. The van der Waals surface area contributed by atoms with Gasteiger partial charge in [0.1, 0.15) is 0 Å². The van der Waals surface area contributed by atoms with Gasteiger partial charge in [0.2, 0.25) is 15.9 Å². The van der Waals surface area contributed by atoms with Crippen LogP contribution in [0.15, 0.2) is 64.0 Å². The standard InChI is InChI=1S/C19H20ClN3O4S/c1-26-11-10-18-21-19(27-22-18)14-23(13-15-6-3-2-4-7-15)28(24,25)17-9-5-8-16(20)12-17/h2-9,12H,10-11,13-14H2,1H3. The van der Waals surface area contributed by atoms with Crippen molar-refractivity contribution in [3.8, 4) is 0 Å². The van der Waals surface area contributed by atoms with Gasteiger partial charge in [0, 0.05) is 25.1 Å². The number of methoxy groups -OCH3 is 1. The summed E-state index contributed by atoms with van der Waals surface area (Å²) < 4.78 is 38.0. The zero-order valence-electron chi connectivity index (χ0n) is 15.3. The maximum absolute atomic E-state index is 13.2. The smallest absolute Gasteiger partial charge is 0.243 e. The predicted octanol–water partition coefficient (Wildman–Crippen LogP) is 3.30. The summed E-state index contributed by atoms with van der Waals surface area (Å²) in [6.45, 7) is 0.558.